The molecule has 1 saturated heterocycles. The predicted molar refractivity (Wildman–Crippen MR) is 123 cm³/mol. The molecular formula is C24H30F3N3O3S. The summed E-state index contributed by atoms with van der Waals surface area (Å²) in [5.41, 5.74) is -0.177. The molecule has 0 unspecified atom stereocenters. The molecule has 34 heavy (non-hydrogen) atoms. The van der Waals surface area contributed by atoms with E-state index in [9.17, 15) is 26.4 Å². The molecule has 1 fully saturated rings. The van der Waals surface area contributed by atoms with Crippen molar-refractivity contribution in [1.82, 2.24) is 14.1 Å². The van der Waals surface area contributed by atoms with Gasteiger partial charge in [-0.2, -0.15) is 17.5 Å². The fraction of sp³-hybridized carbons (Fsp3) is 0.458. The van der Waals surface area contributed by atoms with Gasteiger partial charge in [0.15, 0.2) is 0 Å². The number of nitrogens with zero attached hydrogens (tertiary/aromatic N) is 3. The summed E-state index contributed by atoms with van der Waals surface area (Å²) in [7, 11) is -0.486. The van der Waals surface area contributed by atoms with E-state index >= 15 is 0 Å². The van der Waals surface area contributed by atoms with E-state index in [0.717, 1.165) is 22.0 Å². The average Bonchev–Trinajstić information content (AvgIpc) is 2.81. The summed E-state index contributed by atoms with van der Waals surface area (Å²) in [4.78, 5) is 16.3. The Morgan fingerprint density at radius 3 is 2.15 bits per heavy atom. The summed E-state index contributed by atoms with van der Waals surface area (Å²) < 4.78 is 67.2. The zero-order valence-corrected chi connectivity index (χ0v) is 20.1. The number of halogens is 3. The minimum atomic E-state index is -4.78. The lowest BCUT2D eigenvalue weighted by Gasteiger charge is -2.34. The highest BCUT2D eigenvalue weighted by Gasteiger charge is 2.40. The number of carbonyl (C=O) groups is 1. The summed E-state index contributed by atoms with van der Waals surface area (Å²) in [6, 6.07) is 13.8. The lowest BCUT2D eigenvalue weighted by molar-refractivity contribution is -0.140. The zero-order chi connectivity index (χ0) is 24.9. The second-order valence-corrected chi connectivity index (χ2v) is 10.6. The Bertz CT molecular complexity index is 1070. The van der Waals surface area contributed by atoms with Crippen molar-refractivity contribution in [3.05, 3.63) is 65.7 Å². The van der Waals surface area contributed by atoms with E-state index in [1.54, 1.807) is 4.90 Å². The minimum Gasteiger partial charge on any atom is -0.337 e. The maximum Gasteiger partial charge on any atom is 0.417 e. The van der Waals surface area contributed by atoms with Gasteiger partial charge in [0, 0.05) is 38.6 Å². The van der Waals surface area contributed by atoms with E-state index in [4.69, 9.17) is 0 Å². The molecule has 0 bridgehead atoms. The van der Waals surface area contributed by atoms with E-state index in [-0.39, 0.29) is 37.8 Å². The summed E-state index contributed by atoms with van der Waals surface area (Å²) in [6.07, 6.45) is -4.25. The Kier molecular flexibility index (Phi) is 8.38. The van der Waals surface area contributed by atoms with Crippen molar-refractivity contribution < 1.29 is 26.4 Å². The van der Waals surface area contributed by atoms with Crippen LogP contribution in [0.25, 0.3) is 0 Å². The van der Waals surface area contributed by atoms with Crippen LogP contribution in [0.1, 0.15) is 24.0 Å². The average molecular weight is 498 g/mol. The Morgan fingerprint density at radius 1 is 0.971 bits per heavy atom. The maximum atomic E-state index is 13.4. The van der Waals surface area contributed by atoms with Crippen molar-refractivity contribution in [2.24, 2.45) is 5.92 Å². The number of benzene rings is 2. The van der Waals surface area contributed by atoms with Crippen LogP contribution in [0, 0.1) is 5.92 Å². The Balaban J connectivity index is 1.71. The molecule has 2 aromatic carbocycles. The molecule has 1 amide bonds. The quantitative estimate of drug-likeness (QED) is 0.558. The van der Waals surface area contributed by atoms with Crippen molar-refractivity contribution in [1.29, 1.82) is 0 Å². The van der Waals surface area contributed by atoms with Crippen LogP contribution in [0.4, 0.5) is 13.2 Å². The molecule has 0 N–H and O–H groups in total. The first-order valence-electron chi connectivity index (χ1n) is 11.1. The smallest absolute Gasteiger partial charge is 0.337 e. The molecule has 0 aliphatic carbocycles. The molecule has 3 rings (SSSR count). The third kappa shape index (κ3) is 6.37. The SMILES string of the molecule is CN(C)CCN(Cc1ccccc1)C(=O)C1CCN(S(=O)(=O)c2ccccc2C(F)(F)F)CC1. The molecule has 10 heteroatoms. The van der Waals surface area contributed by atoms with Gasteiger partial charge < -0.3 is 9.80 Å². The first-order chi connectivity index (χ1) is 16.0. The Hall–Kier alpha value is -2.43. The number of carbonyl (C=O) groups excluding carboxylic acids is 1. The number of hydrogen-bond donors (Lipinski definition) is 0. The third-order valence-electron chi connectivity index (χ3n) is 5.96. The lowest BCUT2D eigenvalue weighted by atomic mass is 9.96. The molecule has 0 saturated carbocycles. The van der Waals surface area contributed by atoms with Gasteiger partial charge in [-0.3, -0.25) is 4.79 Å². The van der Waals surface area contributed by atoms with Crippen molar-refractivity contribution >= 4 is 15.9 Å². The lowest BCUT2D eigenvalue weighted by Crippen LogP contribution is -2.45. The number of alkyl halides is 3. The van der Waals surface area contributed by atoms with Gasteiger partial charge in [0.05, 0.1) is 10.5 Å². The number of amides is 1. The van der Waals surface area contributed by atoms with Gasteiger partial charge in [-0.25, -0.2) is 8.42 Å². The maximum absolute atomic E-state index is 13.4. The second kappa shape index (κ2) is 10.9. The van der Waals surface area contributed by atoms with Gasteiger partial charge in [-0.15, -0.1) is 0 Å². The predicted octanol–water partition coefficient (Wildman–Crippen LogP) is 3.70. The van der Waals surface area contributed by atoms with Crippen LogP contribution in [0.2, 0.25) is 0 Å². The molecule has 186 valence electrons. The normalized spacial score (nSPS) is 16.1. The highest BCUT2D eigenvalue weighted by atomic mass is 32.2. The summed E-state index contributed by atoms with van der Waals surface area (Å²) in [5.74, 6) is -0.436. The number of sulfonamides is 1. The molecule has 2 aromatic rings. The van der Waals surface area contributed by atoms with Crippen LogP contribution < -0.4 is 0 Å². The fourth-order valence-corrected chi connectivity index (χ4v) is 5.74. The largest absolute Gasteiger partial charge is 0.417 e. The van der Waals surface area contributed by atoms with Crippen LogP contribution in [0.5, 0.6) is 0 Å². The fourth-order valence-electron chi connectivity index (χ4n) is 4.06. The monoisotopic (exact) mass is 497 g/mol. The molecule has 1 aliphatic heterocycles. The van der Waals surface area contributed by atoms with Crippen LogP contribution in [-0.4, -0.2) is 68.7 Å². The van der Waals surface area contributed by atoms with Gasteiger partial charge in [-0.1, -0.05) is 42.5 Å². The van der Waals surface area contributed by atoms with Crippen LogP contribution in [-0.2, 0) is 27.5 Å². The number of rotatable bonds is 8. The van der Waals surface area contributed by atoms with Crippen molar-refractivity contribution in [3.8, 4) is 0 Å². The van der Waals surface area contributed by atoms with Gasteiger partial charge >= 0.3 is 6.18 Å². The van der Waals surface area contributed by atoms with Gasteiger partial charge in [0.1, 0.15) is 0 Å². The summed E-state index contributed by atoms with van der Waals surface area (Å²) in [6.45, 7) is 1.65. The van der Waals surface area contributed by atoms with Crippen molar-refractivity contribution in [2.75, 3.05) is 40.3 Å². The van der Waals surface area contributed by atoms with Gasteiger partial charge in [0.2, 0.25) is 15.9 Å². The topological polar surface area (TPSA) is 60.9 Å². The van der Waals surface area contributed by atoms with E-state index in [2.05, 4.69) is 0 Å². The summed E-state index contributed by atoms with van der Waals surface area (Å²) >= 11 is 0. The highest BCUT2D eigenvalue weighted by molar-refractivity contribution is 7.89. The Labute approximate surface area is 199 Å². The first kappa shape index (κ1) is 26.2. The van der Waals surface area contributed by atoms with Crippen LogP contribution in [0.3, 0.4) is 0 Å². The molecule has 0 aromatic heterocycles. The standard InChI is InChI=1S/C24H30F3N3O3S/c1-28(2)16-17-29(18-19-8-4-3-5-9-19)23(31)20-12-14-30(15-13-20)34(32,33)22-11-7-6-10-21(22)24(25,26)27/h3-11,20H,12-18H2,1-2H3. The molecule has 0 spiro atoms. The van der Waals surface area contributed by atoms with Crippen molar-refractivity contribution in [2.45, 2.75) is 30.5 Å². The molecular weight excluding hydrogens is 467 g/mol. The number of piperidine rings is 1. The molecule has 0 radical (unpaired) electrons. The Morgan fingerprint density at radius 2 is 1.56 bits per heavy atom. The second-order valence-electron chi connectivity index (χ2n) is 8.72. The van der Waals surface area contributed by atoms with E-state index in [1.807, 2.05) is 49.3 Å². The van der Waals surface area contributed by atoms with Crippen LogP contribution in [0.15, 0.2) is 59.5 Å². The molecule has 1 heterocycles. The molecule has 6 nitrogen and oxygen atoms in total. The van der Waals surface area contributed by atoms with E-state index in [1.165, 1.54) is 12.1 Å². The zero-order valence-electron chi connectivity index (χ0n) is 19.3. The third-order valence-corrected chi connectivity index (χ3v) is 7.92. The van der Waals surface area contributed by atoms with Crippen LogP contribution >= 0.6 is 0 Å². The molecule has 0 atom stereocenters. The number of hydrogen-bond acceptors (Lipinski definition) is 4. The van der Waals surface area contributed by atoms with Crippen molar-refractivity contribution in [3.63, 3.8) is 0 Å². The first-order valence-corrected chi connectivity index (χ1v) is 12.6. The molecule has 1 aliphatic rings. The highest BCUT2D eigenvalue weighted by Crippen LogP contribution is 2.36. The van der Waals surface area contributed by atoms with E-state index < -0.39 is 26.7 Å². The van der Waals surface area contributed by atoms with Gasteiger partial charge in [0.25, 0.3) is 0 Å². The van der Waals surface area contributed by atoms with Gasteiger partial charge in [-0.05, 0) is 44.6 Å². The minimum absolute atomic E-state index is 0.00219. The summed E-state index contributed by atoms with van der Waals surface area (Å²) in [5, 5.41) is 0. The number of likely N-dealkylation sites (N-methyl/N-ethyl adjacent to an activating group) is 1. The van der Waals surface area contributed by atoms with E-state index in [0.29, 0.717) is 19.6 Å².